The molecule has 5 nitrogen and oxygen atoms in total. The molecule has 1 aliphatic heterocycles. The number of rotatable bonds is 3. The topological polar surface area (TPSA) is 57.7 Å². The molecule has 1 saturated heterocycles. The second-order valence-electron chi connectivity index (χ2n) is 8.28. The molecule has 5 aliphatic rings. The van der Waals surface area contributed by atoms with E-state index >= 15 is 0 Å². The quantitative estimate of drug-likeness (QED) is 0.548. The van der Waals surface area contributed by atoms with E-state index in [0.29, 0.717) is 11.8 Å². The highest BCUT2D eigenvalue weighted by Crippen LogP contribution is 2.65. The number of nitrogens with zero attached hydrogens (tertiary/aromatic N) is 2. The van der Waals surface area contributed by atoms with Crippen LogP contribution >= 0.6 is 15.9 Å². The van der Waals surface area contributed by atoms with Crippen molar-refractivity contribution in [2.45, 2.75) is 20.3 Å². The van der Waals surface area contributed by atoms with Crippen molar-refractivity contribution in [1.82, 2.24) is 4.90 Å². The summed E-state index contributed by atoms with van der Waals surface area (Å²) in [5.74, 6) is 0.725. The summed E-state index contributed by atoms with van der Waals surface area (Å²) in [5, 5.41) is 0. The first-order chi connectivity index (χ1) is 12.9. The van der Waals surface area contributed by atoms with Gasteiger partial charge in [-0.3, -0.25) is 24.2 Å². The Labute approximate surface area is 166 Å². The summed E-state index contributed by atoms with van der Waals surface area (Å²) in [6.07, 6.45) is 5.47. The van der Waals surface area contributed by atoms with Crippen LogP contribution in [0.4, 0.5) is 5.69 Å². The van der Waals surface area contributed by atoms with Crippen LogP contribution in [-0.4, -0.2) is 29.3 Å². The van der Waals surface area contributed by atoms with Gasteiger partial charge in [-0.15, -0.1) is 0 Å². The lowest BCUT2D eigenvalue weighted by atomic mass is 9.63. The van der Waals surface area contributed by atoms with Gasteiger partial charge in [0.1, 0.15) is 6.67 Å². The second-order valence-corrected chi connectivity index (χ2v) is 9.19. The number of hydrogen-bond donors (Lipinski definition) is 0. The predicted octanol–water partition coefficient (Wildman–Crippen LogP) is 3.12. The molecule has 0 aromatic heterocycles. The highest BCUT2D eigenvalue weighted by molar-refractivity contribution is 9.10. The number of likely N-dealkylation sites (tertiary alicyclic amines) is 1. The largest absolute Gasteiger partial charge is 0.294 e. The summed E-state index contributed by atoms with van der Waals surface area (Å²) >= 11 is 3.43. The predicted molar refractivity (Wildman–Crippen MR) is 103 cm³/mol. The Hall–Kier alpha value is -1.95. The molecule has 0 N–H and O–H groups in total. The normalized spacial score (nSPS) is 35.3. The maximum absolute atomic E-state index is 13.2. The van der Waals surface area contributed by atoms with Crippen LogP contribution in [0.5, 0.6) is 0 Å². The molecule has 2 bridgehead atoms. The molecule has 3 fully saturated rings. The zero-order valence-electron chi connectivity index (χ0n) is 15.3. The molecule has 1 aromatic carbocycles. The number of amides is 3. The number of hydrogen-bond acceptors (Lipinski definition) is 3. The number of anilines is 1. The van der Waals surface area contributed by atoms with Gasteiger partial charge < -0.3 is 0 Å². The van der Waals surface area contributed by atoms with E-state index in [-0.39, 0.29) is 48.1 Å². The molecule has 0 spiro atoms. The Balaban J connectivity index is 1.45. The van der Waals surface area contributed by atoms with Gasteiger partial charge >= 0.3 is 0 Å². The zero-order chi connectivity index (χ0) is 19.0. The first-order valence-electron chi connectivity index (χ1n) is 9.46. The Morgan fingerprint density at radius 1 is 1.15 bits per heavy atom. The summed E-state index contributed by atoms with van der Waals surface area (Å²) in [7, 11) is 0. The minimum Gasteiger partial charge on any atom is -0.294 e. The number of halogens is 1. The minimum absolute atomic E-state index is 0.00273. The molecule has 140 valence electrons. The molecular weight excluding hydrogens is 408 g/mol. The van der Waals surface area contributed by atoms with Crippen molar-refractivity contribution >= 4 is 39.3 Å². The highest BCUT2D eigenvalue weighted by atomic mass is 79.9. The lowest BCUT2D eigenvalue weighted by Gasteiger charge is -2.37. The van der Waals surface area contributed by atoms with E-state index in [2.05, 4.69) is 28.1 Å². The monoisotopic (exact) mass is 428 g/mol. The number of aryl methyl sites for hydroxylation is 1. The van der Waals surface area contributed by atoms with Crippen molar-refractivity contribution < 1.29 is 14.4 Å². The summed E-state index contributed by atoms with van der Waals surface area (Å²) < 4.78 is 0.925. The minimum atomic E-state index is -0.226. The van der Waals surface area contributed by atoms with Crippen LogP contribution in [0.15, 0.2) is 34.8 Å². The molecular formula is C21H21BrN2O3. The molecule has 27 heavy (non-hydrogen) atoms. The van der Waals surface area contributed by atoms with E-state index in [4.69, 9.17) is 0 Å². The van der Waals surface area contributed by atoms with Crippen molar-refractivity contribution in [3.05, 3.63) is 40.4 Å². The van der Waals surface area contributed by atoms with E-state index in [1.165, 1.54) is 16.7 Å². The molecule has 1 aromatic rings. The lowest BCUT2D eigenvalue weighted by Crippen LogP contribution is -2.44. The molecule has 3 amide bonds. The molecule has 2 saturated carbocycles. The molecule has 0 radical (unpaired) electrons. The SMILES string of the molecule is CC(=O)N(CN1C(=O)C2C3C=CC(C4CC34)C2C1=O)c1ccc(Br)cc1C. The van der Waals surface area contributed by atoms with Gasteiger partial charge in [0, 0.05) is 17.1 Å². The fraction of sp³-hybridized carbons (Fsp3) is 0.476. The van der Waals surface area contributed by atoms with E-state index in [1.54, 1.807) is 0 Å². The van der Waals surface area contributed by atoms with Crippen molar-refractivity contribution in [1.29, 1.82) is 0 Å². The third-order valence-corrected chi connectivity index (χ3v) is 7.36. The molecule has 6 heteroatoms. The van der Waals surface area contributed by atoms with Crippen LogP contribution in [0.1, 0.15) is 18.9 Å². The maximum Gasteiger partial charge on any atom is 0.235 e. The number of imide groups is 1. The molecule has 6 unspecified atom stereocenters. The van der Waals surface area contributed by atoms with E-state index in [0.717, 1.165) is 22.1 Å². The van der Waals surface area contributed by atoms with Gasteiger partial charge in [-0.05, 0) is 60.8 Å². The number of allylic oxidation sites excluding steroid dienone is 2. The van der Waals surface area contributed by atoms with Gasteiger partial charge in [0.2, 0.25) is 17.7 Å². The highest BCUT2D eigenvalue weighted by Gasteiger charge is 2.67. The first kappa shape index (κ1) is 17.2. The number of carbonyl (C=O) groups excluding carboxylic acids is 3. The molecule has 6 atom stereocenters. The van der Waals surface area contributed by atoms with Gasteiger partial charge in [-0.25, -0.2) is 0 Å². The van der Waals surface area contributed by atoms with Crippen LogP contribution in [0.2, 0.25) is 0 Å². The first-order valence-corrected chi connectivity index (χ1v) is 10.3. The second kappa shape index (κ2) is 5.77. The average molecular weight is 429 g/mol. The van der Waals surface area contributed by atoms with Crippen LogP contribution in [0.3, 0.4) is 0 Å². The standard InChI is InChI=1S/C21H21BrN2O3/c1-10-7-12(22)3-6-17(10)23(11(2)25)9-24-20(26)18-13-4-5-14(16-8-15(13)16)19(18)21(24)27/h3-7,13-16,18-19H,8-9H2,1-2H3. The van der Waals surface area contributed by atoms with Crippen LogP contribution < -0.4 is 4.90 Å². The Bertz CT molecular complexity index is 875. The van der Waals surface area contributed by atoms with Gasteiger partial charge in [0.15, 0.2) is 0 Å². The van der Waals surface area contributed by atoms with Crippen LogP contribution in [0.25, 0.3) is 0 Å². The molecule has 4 aliphatic carbocycles. The molecule has 6 rings (SSSR count). The van der Waals surface area contributed by atoms with E-state index in [9.17, 15) is 14.4 Å². The van der Waals surface area contributed by atoms with Crippen molar-refractivity contribution in [3.63, 3.8) is 0 Å². The summed E-state index contributed by atoms with van der Waals surface area (Å²) in [6.45, 7) is 3.39. The van der Waals surface area contributed by atoms with E-state index < -0.39 is 0 Å². The Kier molecular flexibility index (Phi) is 3.67. The maximum atomic E-state index is 13.2. The van der Waals surface area contributed by atoms with Crippen molar-refractivity contribution in [3.8, 4) is 0 Å². The fourth-order valence-electron chi connectivity index (χ4n) is 5.57. The van der Waals surface area contributed by atoms with E-state index in [1.807, 2.05) is 25.1 Å². The number of benzene rings is 1. The van der Waals surface area contributed by atoms with Gasteiger partial charge in [0.25, 0.3) is 0 Å². The van der Waals surface area contributed by atoms with Gasteiger partial charge in [0.05, 0.1) is 11.8 Å². The Morgan fingerprint density at radius 3 is 2.26 bits per heavy atom. The zero-order valence-corrected chi connectivity index (χ0v) is 16.8. The van der Waals surface area contributed by atoms with Crippen LogP contribution in [0, 0.1) is 42.4 Å². The van der Waals surface area contributed by atoms with Crippen molar-refractivity contribution in [2.75, 3.05) is 11.6 Å². The van der Waals surface area contributed by atoms with Gasteiger partial charge in [-0.2, -0.15) is 0 Å². The number of carbonyl (C=O) groups is 3. The van der Waals surface area contributed by atoms with Gasteiger partial charge in [-0.1, -0.05) is 28.1 Å². The fourth-order valence-corrected chi connectivity index (χ4v) is 6.04. The third kappa shape index (κ3) is 2.38. The van der Waals surface area contributed by atoms with Crippen molar-refractivity contribution in [2.24, 2.45) is 35.5 Å². The summed E-state index contributed by atoms with van der Waals surface area (Å²) in [5.41, 5.74) is 1.64. The lowest BCUT2D eigenvalue weighted by molar-refractivity contribution is -0.140. The smallest absolute Gasteiger partial charge is 0.235 e. The van der Waals surface area contributed by atoms with Crippen LogP contribution in [-0.2, 0) is 14.4 Å². The summed E-state index contributed by atoms with van der Waals surface area (Å²) in [4.78, 5) is 41.5. The Morgan fingerprint density at radius 2 is 1.74 bits per heavy atom. The third-order valence-electron chi connectivity index (χ3n) is 6.87. The summed E-state index contributed by atoms with van der Waals surface area (Å²) in [6, 6.07) is 5.64. The average Bonchev–Trinajstić information content (AvgIpc) is 3.40. The molecule has 1 heterocycles.